The van der Waals surface area contributed by atoms with Gasteiger partial charge in [-0.15, -0.1) is 0 Å². The van der Waals surface area contributed by atoms with Gasteiger partial charge < -0.3 is 25.8 Å². The van der Waals surface area contributed by atoms with Crippen molar-refractivity contribution in [2.75, 3.05) is 13.1 Å². The van der Waals surface area contributed by atoms with E-state index in [1.54, 1.807) is 6.07 Å². The van der Waals surface area contributed by atoms with E-state index in [0.29, 0.717) is 25.4 Å². The molecule has 13 nitrogen and oxygen atoms in total. The molecule has 0 radical (unpaired) electrons. The average Bonchev–Trinajstić information content (AvgIpc) is 3.63. The highest BCUT2D eigenvalue weighted by Gasteiger charge is 2.30. The van der Waals surface area contributed by atoms with Gasteiger partial charge in [-0.25, -0.2) is 0 Å². The standard InChI is InChI=1S/C35H42N8O5/c1-22-28(24(3)42(4)40-22)21-43-16-15-36-33(45)29(17-25-11-7-5-8-12-25)39-34(46)30(18-26-13-9-6-10-14-26)38-32(44)23(2)37-35(47)31-19-27(20-43)48-41-31/h5-14,19,23,29-30H,15-18,20-21H2,1-4H3,(H,36,45)(H,37,47)(H,38,44)(H,39,46)/t23-,29+,30-/m0/s1. The fourth-order valence-corrected chi connectivity index (χ4v) is 5.68. The molecule has 0 unspecified atom stereocenters. The molecule has 0 saturated heterocycles. The van der Waals surface area contributed by atoms with Crippen molar-refractivity contribution in [3.8, 4) is 0 Å². The molecule has 2 aromatic carbocycles. The number of carbonyl (C=O) groups is 4. The summed E-state index contributed by atoms with van der Waals surface area (Å²) in [7, 11) is 1.89. The number of carbonyl (C=O) groups excluding carboxylic acids is 4. The van der Waals surface area contributed by atoms with Crippen LogP contribution in [0.5, 0.6) is 0 Å². The maximum atomic E-state index is 13.8. The lowest BCUT2D eigenvalue weighted by molar-refractivity contribution is -0.132. The molecule has 1 aliphatic heterocycles. The number of aromatic nitrogens is 3. The van der Waals surface area contributed by atoms with E-state index in [1.807, 2.05) is 86.2 Å². The number of aryl methyl sites for hydroxylation is 2. The zero-order valence-corrected chi connectivity index (χ0v) is 27.7. The van der Waals surface area contributed by atoms with Crippen molar-refractivity contribution in [2.24, 2.45) is 7.05 Å². The van der Waals surface area contributed by atoms with Gasteiger partial charge in [0.15, 0.2) is 11.5 Å². The van der Waals surface area contributed by atoms with E-state index >= 15 is 0 Å². The number of benzene rings is 2. The Morgan fingerprint density at radius 1 is 0.833 bits per heavy atom. The molecule has 4 amide bonds. The molecule has 1 aliphatic rings. The summed E-state index contributed by atoms with van der Waals surface area (Å²) in [6.07, 6.45) is 0.420. The van der Waals surface area contributed by atoms with Crippen molar-refractivity contribution < 1.29 is 23.7 Å². The molecule has 5 rings (SSSR count). The number of rotatable bonds is 6. The number of amides is 4. The number of nitrogens with zero attached hydrogens (tertiary/aromatic N) is 4. The minimum absolute atomic E-state index is 0.0232. The van der Waals surface area contributed by atoms with Crippen molar-refractivity contribution in [2.45, 2.75) is 64.8 Å². The molecular formula is C35H42N8O5. The Labute approximate surface area is 279 Å². The summed E-state index contributed by atoms with van der Waals surface area (Å²) in [4.78, 5) is 56.1. The maximum Gasteiger partial charge on any atom is 0.274 e. The number of fused-ring (bicyclic) bond motifs is 2. The summed E-state index contributed by atoms with van der Waals surface area (Å²) in [6, 6.07) is 17.3. The first-order valence-electron chi connectivity index (χ1n) is 16.0. The van der Waals surface area contributed by atoms with Crippen molar-refractivity contribution in [3.63, 3.8) is 0 Å². The van der Waals surface area contributed by atoms with Crippen molar-refractivity contribution in [1.82, 2.24) is 41.1 Å². The second kappa shape index (κ2) is 15.5. The summed E-state index contributed by atoms with van der Waals surface area (Å²) < 4.78 is 7.36. The average molecular weight is 655 g/mol. The van der Waals surface area contributed by atoms with Crippen LogP contribution in [0.3, 0.4) is 0 Å². The molecule has 4 N–H and O–H groups in total. The van der Waals surface area contributed by atoms with Gasteiger partial charge in [0, 0.05) is 56.8 Å². The lowest BCUT2D eigenvalue weighted by atomic mass is 10.0. The third kappa shape index (κ3) is 8.73. The fraction of sp³-hybridized carbons (Fsp3) is 0.371. The molecule has 3 heterocycles. The number of hydrogen-bond donors (Lipinski definition) is 4. The molecule has 2 bridgehead atoms. The van der Waals surface area contributed by atoms with Crippen LogP contribution in [0, 0.1) is 13.8 Å². The Morgan fingerprint density at radius 3 is 2.04 bits per heavy atom. The Kier molecular flexibility index (Phi) is 11.0. The first kappa shape index (κ1) is 34.0. The lowest BCUT2D eigenvalue weighted by Crippen LogP contribution is -2.57. The number of nitrogens with one attached hydrogen (secondary N) is 4. The van der Waals surface area contributed by atoms with Crippen molar-refractivity contribution in [3.05, 3.63) is 106 Å². The van der Waals surface area contributed by atoms with Crippen LogP contribution < -0.4 is 21.3 Å². The van der Waals surface area contributed by atoms with Crippen LogP contribution in [0.4, 0.5) is 0 Å². The SMILES string of the molecule is Cc1nn(C)c(C)c1CN1CCNC(=O)[C@@H](Cc2ccccc2)NC(=O)[C@H](Cc2ccccc2)NC(=O)[C@H](C)NC(=O)c2cc(on2)C1. The van der Waals surface area contributed by atoms with Crippen LogP contribution >= 0.6 is 0 Å². The smallest absolute Gasteiger partial charge is 0.274 e. The third-order valence-electron chi connectivity index (χ3n) is 8.51. The van der Waals surface area contributed by atoms with Crippen LogP contribution in [-0.2, 0) is 47.4 Å². The van der Waals surface area contributed by atoms with E-state index in [-0.39, 0.29) is 31.0 Å². The van der Waals surface area contributed by atoms with Gasteiger partial charge in [-0.2, -0.15) is 5.10 Å². The molecule has 0 aliphatic carbocycles. The van der Waals surface area contributed by atoms with Gasteiger partial charge in [0.1, 0.15) is 18.1 Å². The van der Waals surface area contributed by atoms with E-state index in [1.165, 1.54) is 6.92 Å². The predicted molar refractivity (Wildman–Crippen MR) is 177 cm³/mol. The first-order chi connectivity index (χ1) is 23.1. The van der Waals surface area contributed by atoms with Gasteiger partial charge in [0.25, 0.3) is 5.91 Å². The summed E-state index contributed by atoms with van der Waals surface area (Å²) in [5.74, 6) is -1.58. The van der Waals surface area contributed by atoms with E-state index in [4.69, 9.17) is 4.52 Å². The quantitative estimate of drug-likeness (QED) is 0.244. The van der Waals surface area contributed by atoms with Gasteiger partial charge in [-0.05, 0) is 31.9 Å². The highest BCUT2D eigenvalue weighted by atomic mass is 16.5. The van der Waals surface area contributed by atoms with E-state index in [0.717, 1.165) is 28.1 Å². The Balaban J connectivity index is 1.44. The van der Waals surface area contributed by atoms with Gasteiger partial charge in [0.2, 0.25) is 17.7 Å². The van der Waals surface area contributed by atoms with Crippen LogP contribution in [0.1, 0.15) is 51.3 Å². The van der Waals surface area contributed by atoms with Gasteiger partial charge in [-0.3, -0.25) is 28.8 Å². The molecule has 0 saturated carbocycles. The van der Waals surface area contributed by atoms with Gasteiger partial charge in [0.05, 0.1) is 12.2 Å². The van der Waals surface area contributed by atoms with Crippen LogP contribution in [0.25, 0.3) is 0 Å². The molecule has 0 fully saturated rings. The molecule has 252 valence electrons. The second-order valence-electron chi connectivity index (χ2n) is 12.2. The lowest BCUT2D eigenvalue weighted by Gasteiger charge is -2.26. The summed E-state index contributed by atoms with van der Waals surface area (Å²) in [5, 5.41) is 19.8. The molecule has 2 aromatic heterocycles. The van der Waals surface area contributed by atoms with E-state index in [2.05, 4.69) is 36.4 Å². The van der Waals surface area contributed by atoms with Crippen molar-refractivity contribution >= 4 is 23.6 Å². The topological polar surface area (TPSA) is 163 Å². The number of hydrogen-bond acceptors (Lipinski definition) is 8. The molecule has 48 heavy (non-hydrogen) atoms. The Bertz CT molecular complexity index is 1740. The summed E-state index contributed by atoms with van der Waals surface area (Å²) in [5.41, 5.74) is 4.65. The molecular weight excluding hydrogens is 612 g/mol. The highest BCUT2D eigenvalue weighted by molar-refractivity contribution is 5.97. The summed E-state index contributed by atoms with van der Waals surface area (Å²) in [6.45, 7) is 6.96. The largest absolute Gasteiger partial charge is 0.359 e. The van der Waals surface area contributed by atoms with Gasteiger partial charge in [-0.1, -0.05) is 65.8 Å². The minimum Gasteiger partial charge on any atom is -0.359 e. The molecule has 4 aromatic rings. The van der Waals surface area contributed by atoms with Gasteiger partial charge >= 0.3 is 0 Å². The minimum atomic E-state index is -1.02. The van der Waals surface area contributed by atoms with Crippen LogP contribution in [-0.4, -0.2) is 74.7 Å². The third-order valence-corrected chi connectivity index (χ3v) is 8.51. The van der Waals surface area contributed by atoms with E-state index < -0.39 is 35.8 Å². The normalized spacial score (nSPS) is 20.2. The Morgan fingerprint density at radius 2 is 1.44 bits per heavy atom. The van der Waals surface area contributed by atoms with E-state index in [9.17, 15) is 19.2 Å². The molecule has 13 heteroatoms. The maximum absolute atomic E-state index is 13.8. The zero-order chi connectivity index (χ0) is 34.2. The monoisotopic (exact) mass is 654 g/mol. The zero-order valence-electron chi connectivity index (χ0n) is 27.7. The Hall–Kier alpha value is -5.30. The predicted octanol–water partition coefficient (Wildman–Crippen LogP) is 1.73. The second-order valence-corrected chi connectivity index (χ2v) is 12.2. The highest BCUT2D eigenvalue weighted by Crippen LogP contribution is 2.17. The van der Waals surface area contributed by atoms with Crippen LogP contribution in [0.15, 0.2) is 71.3 Å². The molecule has 3 atom stereocenters. The summed E-state index contributed by atoms with van der Waals surface area (Å²) >= 11 is 0. The van der Waals surface area contributed by atoms with Crippen LogP contribution in [0.2, 0.25) is 0 Å². The first-order valence-corrected chi connectivity index (χ1v) is 16.0. The fourth-order valence-electron chi connectivity index (χ4n) is 5.68. The van der Waals surface area contributed by atoms with Crippen molar-refractivity contribution in [1.29, 1.82) is 0 Å². The molecule has 0 spiro atoms.